The van der Waals surface area contributed by atoms with Crippen molar-refractivity contribution in [1.29, 1.82) is 0 Å². The number of hydrogen-bond donors (Lipinski definition) is 1. The number of amides is 2. The van der Waals surface area contributed by atoms with Crippen LogP contribution >= 0.6 is 11.3 Å². The second kappa shape index (κ2) is 9.01. The van der Waals surface area contributed by atoms with E-state index in [1.165, 1.54) is 16.9 Å². The number of benzene rings is 1. The topological polar surface area (TPSA) is 75.7 Å². The number of ether oxygens (including phenoxy) is 1. The highest BCUT2D eigenvalue weighted by Crippen LogP contribution is 2.29. The van der Waals surface area contributed by atoms with Gasteiger partial charge in [-0.1, -0.05) is 30.3 Å². The number of thiophene rings is 1. The van der Waals surface area contributed by atoms with Crippen molar-refractivity contribution in [2.24, 2.45) is 5.92 Å². The molecule has 148 valence electrons. The number of nitrogens with one attached hydrogen (secondary N) is 1. The SMILES string of the molecule is CCOC(=O)c1sc(NC(=O)C2CC(=O)N(CCc3ccccc3)C2)cc1C. The van der Waals surface area contributed by atoms with E-state index < -0.39 is 0 Å². The number of carbonyl (C=O) groups excluding carboxylic acids is 3. The lowest BCUT2D eigenvalue weighted by atomic mass is 10.1. The predicted octanol–water partition coefficient (Wildman–Crippen LogP) is 3.26. The molecule has 0 saturated carbocycles. The van der Waals surface area contributed by atoms with Crippen LogP contribution in [-0.2, 0) is 20.7 Å². The van der Waals surface area contributed by atoms with Gasteiger partial charge in [0.1, 0.15) is 4.88 Å². The highest BCUT2D eigenvalue weighted by atomic mass is 32.1. The minimum Gasteiger partial charge on any atom is -0.462 e. The lowest BCUT2D eigenvalue weighted by molar-refractivity contribution is -0.128. The van der Waals surface area contributed by atoms with Gasteiger partial charge in [0.05, 0.1) is 17.5 Å². The van der Waals surface area contributed by atoms with E-state index in [-0.39, 0.29) is 30.1 Å². The summed E-state index contributed by atoms with van der Waals surface area (Å²) in [4.78, 5) is 39.0. The van der Waals surface area contributed by atoms with Gasteiger partial charge in [-0.25, -0.2) is 4.79 Å². The molecule has 1 aliphatic heterocycles. The van der Waals surface area contributed by atoms with E-state index in [0.29, 0.717) is 29.6 Å². The molecule has 28 heavy (non-hydrogen) atoms. The third-order valence-electron chi connectivity index (χ3n) is 4.72. The first-order valence-corrected chi connectivity index (χ1v) is 10.2. The maximum Gasteiger partial charge on any atom is 0.348 e. The van der Waals surface area contributed by atoms with Gasteiger partial charge in [0.25, 0.3) is 0 Å². The summed E-state index contributed by atoms with van der Waals surface area (Å²) in [5, 5.41) is 3.45. The molecule has 1 N–H and O–H groups in total. The van der Waals surface area contributed by atoms with Crippen molar-refractivity contribution >= 4 is 34.1 Å². The van der Waals surface area contributed by atoms with Crippen molar-refractivity contribution in [2.45, 2.75) is 26.7 Å². The van der Waals surface area contributed by atoms with E-state index in [1.54, 1.807) is 17.9 Å². The third-order valence-corrected chi connectivity index (χ3v) is 5.86. The van der Waals surface area contributed by atoms with Crippen molar-refractivity contribution in [3.63, 3.8) is 0 Å². The number of esters is 1. The molecule has 3 rings (SSSR count). The molecule has 1 aromatic heterocycles. The van der Waals surface area contributed by atoms with Crippen LogP contribution in [0.5, 0.6) is 0 Å². The van der Waals surface area contributed by atoms with Crippen LogP contribution in [0.3, 0.4) is 0 Å². The number of hydrogen-bond acceptors (Lipinski definition) is 5. The maximum absolute atomic E-state index is 12.6. The maximum atomic E-state index is 12.6. The molecule has 1 aromatic carbocycles. The average Bonchev–Trinajstić information content (AvgIpc) is 3.23. The van der Waals surface area contributed by atoms with Crippen molar-refractivity contribution in [3.8, 4) is 0 Å². The summed E-state index contributed by atoms with van der Waals surface area (Å²) in [7, 11) is 0. The zero-order valence-corrected chi connectivity index (χ0v) is 16.9. The molecular formula is C21H24N2O4S. The second-order valence-electron chi connectivity index (χ2n) is 6.81. The molecule has 0 radical (unpaired) electrons. The first-order valence-electron chi connectivity index (χ1n) is 9.38. The molecule has 2 heterocycles. The van der Waals surface area contributed by atoms with Crippen LogP contribution in [0.25, 0.3) is 0 Å². The minimum atomic E-state index is -0.381. The molecule has 2 amide bonds. The van der Waals surface area contributed by atoms with Gasteiger partial charge >= 0.3 is 5.97 Å². The largest absolute Gasteiger partial charge is 0.462 e. The Morgan fingerprint density at radius 3 is 2.75 bits per heavy atom. The van der Waals surface area contributed by atoms with Crippen molar-refractivity contribution < 1.29 is 19.1 Å². The van der Waals surface area contributed by atoms with Crippen molar-refractivity contribution in [3.05, 3.63) is 52.4 Å². The van der Waals surface area contributed by atoms with Crippen LogP contribution in [-0.4, -0.2) is 42.4 Å². The second-order valence-corrected chi connectivity index (χ2v) is 7.86. The highest BCUT2D eigenvalue weighted by molar-refractivity contribution is 7.18. The summed E-state index contributed by atoms with van der Waals surface area (Å²) in [6, 6.07) is 11.7. The zero-order chi connectivity index (χ0) is 20.1. The van der Waals surface area contributed by atoms with E-state index in [1.807, 2.05) is 37.3 Å². The van der Waals surface area contributed by atoms with E-state index in [0.717, 1.165) is 12.0 Å². The molecule has 6 nitrogen and oxygen atoms in total. The summed E-state index contributed by atoms with van der Waals surface area (Å²) < 4.78 is 5.03. The Labute approximate surface area is 168 Å². The molecule has 2 aromatic rings. The van der Waals surface area contributed by atoms with E-state index in [2.05, 4.69) is 5.32 Å². The van der Waals surface area contributed by atoms with Crippen LogP contribution in [0.2, 0.25) is 0 Å². The Balaban J connectivity index is 1.56. The number of rotatable bonds is 7. The Bertz CT molecular complexity index is 863. The van der Waals surface area contributed by atoms with Crippen LogP contribution in [0.4, 0.5) is 5.00 Å². The Hall–Kier alpha value is -2.67. The zero-order valence-electron chi connectivity index (χ0n) is 16.1. The van der Waals surface area contributed by atoms with Gasteiger partial charge in [0.15, 0.2) is 0 Å². The van der Waals surface area contributed by atoms with Gasteiger partial charge in [-0.3, -0.25) is 9.59 Å². The van der Waals surface area contributed by atoms with E-state index >= 15 is 0 Å². The molecular weight excluding hydrogens is 376 g/mol. The first kappa shape index (κ1) is 20.1. The number of likely N-dealkylation sites (tertiary alicyclic amines) is 1. The number of aryl methyl sites for hydroxylation is 1. The monoisotopic (exact) mass is 400 g/mol. The van der Waals surface area contributed by atoms with Gasteiger partial charge in [0, 0.05) is 19.5 Å². The number of anilines is 1. The van der Waals surface area contributed by atoms with Crippen molar-refractivity contribution in [2.75, 3.05) is 25.0 Å². The molecule has 1 atom stereocenters. The number of carbonyl (C=O) groups is 3. The number of nitrogens with zero attached hydrogens (tertiary/aromatic N) is 1. The molecule has 1 fully saturated rings. The smallest absolute Gasteiger partial charge is 0.348 e. The normalized spacial score (nSPS) is 16.3. The molecule has 0 bridgehead atoms. The Morgan fingerprint density at radius 2 is 2.04 bits per heavy atom. The van der Waals surface area contributed by atoms with Crippen LogP contribution in [0.1, 0.15) is 34.1 Å². The summed E-state index contributed by atoms with van der Waals surface area (Å²) >= 11 is 1.20. The average molecular weight is 401 g/mol. The molecule has 0 aliphatic carbocycles. The lowest BCUT2D eigenvalue weighted by Crippen LogP contribution is -2.29. The van der Waals surface area contributed by atoms with Gasteiger partial charge in [-0.15, -0.1) is 11.3 Å². The fraction of sp³-hybridized carbons (Fsp3) is 0.381. The van der Waals surface area contributed by atoms with Gasteiger partial charge < -0.3 is 15.0 Å². The molecule has 1 unspecified atom stereocenters. The summed E-state index contributed by atoms with van der Waals surface area (Å²) in [5.41, 5.74) is 1.94. The Morgan fingerprint density at radius 1 is 1.29 bits per heavy atom. The fourth-order valence-corrected chi connectivity index (χ4v) is 4.21. The lowest BCUT2D eigenvalue weighted by Gasteiger charge is -2.16. The van der Waals surface area contributed by atoms with Gasteiger partial charge in [-0.2, -0.15) is 0 Å². The van der Waals surface area contributed by atoms with E-state index in [9.17, 15) is 14.4 Å². The molecule has 1 aliphatic rings. The summed E-state index contributed by atoms with van der Waals surface area (Å²) in [6.45, 7) is 4.90. The summed E-state index contributed by atoms with van der Waals surface area (Å²) in [6.07, 6.45) is 0.990. The molecule has 1 saturated heterocycles. The van der Waals surface area contributed by atoms with Crippen LogP contribution in [0, 0.1) is 12.8 Å². The quantitative estimate of drug-likeness (QED) is 0.724. The predicted molar refractivity (Wildman–Crippen MR) is 108 cm³/mol. The van der Waals surface area contributed by atoms with Crippen LogP contribution in [0.15, 0.2) is 36.4 Å². The third kappa shape index (κ3) is 4.78. The first-order chi connectivity index (χ1) is 13.5. The van der Waals surface area contributed by atoms with Crippen molar-refractivity contribution in [1.82, 2.24) is 4.90 Å². The van der Waals surface area contributed by atoms with E-state index in [4.69, 9.17) is 4.74 Å². The Kier molecular flexibility index (Phi) is 6.46. The van der Waals surface area contributed by atoms with Gasteiger partial charge in [0.2, 0.25) is 11.8 Å². The fourth-order valence-electron chi connectivity index (χ4n) is 3.24. The van der Waals surface area contributed by atoms with Gasteiger partial charge in [-0.05, 0) is 37.5 Å². The standard InChI is InChI=1S/C21H24N2O4S/c1-3-27-21(26)19-14(2)11-17(28-19)22-20(25)16-12-18(24)23(13-16)10-9-15-7-5-4-6-8-15/h4-8,11,16H,3,9-10,12-13H2,1-2H3,(H,22,25). The summed E-state index contributed by atoms with van der Waals surface area (Å²) in [5.74, 6) is -0.941. The molecule has 7 heteroatoms. The molecule has 0 spiro atoms. The highest BCUT2D eigenvalue weighted by Gasteiger charge is 2.34. The minimum absolute atomic E-state index is 0.00524. The van der Waals surface area contributed by atoms with Crippen LogP contribution < -0.4 is 5.32 Å².